The van der Waals surface area contributed by atoms with E-state index in [1.807, 2.05) is 0 Å². The first kappa shape index (κ1) is 12.5. The van der Waals surface area contributed by atoms with Crippen LogP contribution in [0.1, 0.15) is 26.2 Å². The van der Waals surface area contributed by atoms with Crippen molar-refractivity contribution >= 4 is 5.82 Å². The number of rotatable bonds is 6. The van der Waals surface area contributed by atoms with Crippen molar-refractivity contribution in [1.82, 2.24) is 9.78 Å². The smallest absolute Gasteiger partial charge is 0.358 e. The van der Waals surface area contributed by atoms with Gasteiger partial charge in [0.15, 0.2) is 0 Å². The summed E-state index contributed by atoms with van der Waals surface area (Å²) >= 11 is 0. The van der Waals surface area contributed by atoms with Crippen LogP contribution in [0.2, 0.25) is 0 Å². The molecule has 0 saturated carbocycles. The maximum Gasteiger partial charge on any atom is 0.389 e. The second-order valence-corrected chi connectivity index (χ2v) is 3.72. The van der Waals surface area contributed by atoms with Crippen LogP contribution in [0.4, 0.5) is 14.6 Å². The average molecular weight is 233 g/mol. The summed E-state index contributed by atoms with van der Waals surface area (Å²) in [5.41, 5.74) is 0. The lowest BCUT2D eigenvalue weighted by atomic mass is 10.1. The van der Waals surface area contributed by atoms with E-state index in [-0.39, 0.29) is 12.2 Å². The highest BCUT2D eigenvalue weighted by atomic mass is 19.3. The number of aromatic nitrogens is 2. The van der Waals surface area contributed by atoms with Crippen LogP contribution in [0.5, 0.6) is 0 Å². The Morgan fingerprint density at radius 3 is 2.75 bits per heavy atom. The number of nitrogens with zero attached hydrogens (tertiary/aromatic N) is 3. The summed E-state index contributed by atoms with van der Waals surface area (Å²) in [7, 11) is 0. The van der Waals surface area contributed by atoms with Gasteiger partial charge in [-0.25, -0.2) is 8.78 Å². The van der Waals surface area contributed by atoms with Crippen molar-refractivity contribution in [2.75, 3.05) is 0 Å². The van der Waals surface area contributed by atoms with E-state index in [0.29, 0.717) is 19.4 Å². The minimum Gasteiger partial charge on any atom is -0.358 e. The molecular formula is C9H13F2N3O2. The van der Waals surface area contributed by atoms with Gasteiger partial charge in [0.1, 0.15) is 0 Å². The van der Waals surface area contributed by atoms with Crippen molar-refractivity contribution in [1.29, 1.82) is 0 Å². The monoisotopic (exact) mass is 233 g/mol. The summed E-state index contributed by atoms with van der Waals surface area (Å²) < 4.78 is 26.3. The molecule has 0 N–H and O–H groups in total. The fourth-order valence-corrected chi connectivity index (χ4v) is 1.28. The summed E-state index contributed by atoms with van der Waals surface area (Å²) in [6.45, 7) is 1.30. The lowest BCUT2D eigenvalue weighted by Gasteiger charge is -2.08. The van der Waals surface area contributed by atoms with Crippen molar-refractivity contribution < 1.29 is 13.7 Å². The first-order chi connectivity index (χ1) is 7.38. The fraction of sp³-hybridized carbons (Fsp3) is 0.667. The number of unbranched alkanes of at least 4 members (excludes halogenated alkanes) is 1. The lowest BCUT2D eigenvalue weighted by molar-refractivity contribution is -0.389. The number of hydrogen-bond donors (Lipinski definition) is 0. The number of halogens is 2. The minimum absolute atomic E-state index is 0.170. The zero-order valence-corrected chi connectivity index (χ0v) is 8.90. The molecule has 0 atom stereocenters. The van der Waals surface area contributed by atoms with Crippen LogP contribution in [0.15, 0.2) is 12.3 Å². The molecule has 5 nitrogen and oxygen atoms in total. The van der Waals surface area contributed by atoms with Crippen LogP contribution in [-0.4, -0.2) is 20.6 Å². The molecule has 0 aliphatic heterocycles. The van der Waals surface area contributed by atoms with Crippen molar-refractivity contribution in [2.45, 2.75) is 38.7 Å². The number of nitro groups is 1. The third-order valence-electron chi connectivity index (χ3n) is 2.07. The van der Waals surface area contributed by atoms with Gasteiger partial charge in [-0.2, -0.15) is 4.68 Å². The highest BCUT2D eigenvalue weighted by Crippen LogP contribution is 2.19. The Hall–Kier alpha value is -1.53. The molecule has 0 bridgehead atoms. The Labute approximate surface area is 91.2 Å². The highest BCUT2D eigenvalue weighted by molar-refractivity contribution is 5.13. The summed E-state index contributed by atoms with van der Waals surface area (Å²) in [6, 6.07) is 1.29. The van der Waals surface area contributed by atoms with Crippen LogP contribution >= 0.6 is 0 Å². The maximum absolute atomic E-state index is 12.4. The molecule has 0 amide bonds. The first-order valence-corrected chi connectivity index (χ1v) is 4.94. The van der Waals surface area contributed by atoms with Gasteiger partial charge in [0.25, 0.3) is 0 Å². The molecule has 0 fully saturated rings. The number of aryl methyl sites for hydroxylation is 1. The van der Waals surface area contributed by atoms with E-state index in [4.69, 9.17) is 0 Å². The molecule has 90 valence electrons. The van der Waals surface area contributed by atoms with Gasteiger partial charge >= 0.3 is 5.82 Å². The van der Waals surface area contributed by atoms with Crippen LogP contribution in [0.3, 0.4) is 0 Å². The van der Waals surface area contributed by atoms with Gasteiger partial charge in [-0.05, 0) is 24.7 Å². The van der Waals surface area contributed by atoms with Crippen molar-refractivity contribution in [3.05, 3.63) is 22.4 Å². The largest absolute Gasteiger partial charge is 0.389 e. The summed E-state index contributed by atoms with van der Waals surface area (Å²) in [5.74, 6) is -2.86. The van der Waals surface area contributed by atoms with Crippen molar-refractivity contribution in [3.63, 3.8) is 0 Å². The summed E-state index contributed by atoms with van der Waals surface area (Å²) in [6.07, 6.45) is 2.21. The SMILES string of the molecule is CC(F)(F)CCCCn1ccc([N+](=O)[O-])n1. The molecule has 0 aromatic carbocycles. The molecular weight excluding hydrogens is 220 g/mol. The van der Waals surface area contributed by atoms with Gasteiger partial charge in [0, 0.05) is 6.42 Å². The minimum atomic E-state index is -2.64. The molecule has 1 heterocycles. The van der Waals surface area contributed by atoms with Gasteiger partial charge in [0.2, 0.25) is 5.92 Å². The molecule has 0 aliphatic carbocycles. The second kappa shape index (κ2) is 5.00. The molecule has 16 heavy (non-hydrogen) atoms. The zero-order valence-electron chi connectivity index (χ0n) is 8.90. The van der Waals surface area contributed by atoms with Crippen LogP contribution in [-0.2, 0) is 6.54 Å². The molecule has 0 radical (unpaired) electrons. The number of hydrogen-bond acceptors (Lipinski definition) is 3. The Balaban J connectivity index is 2.30. The Bertz CT molecular complexity index is 360. The van der Waals surface area contributed by atoms with Gasteiger partial charge in [-0.15, -0.1) is 0 Å². The van der Waals surface area contributed by atoms with Gasteiger partial charge in [0.05, 0.1) is 23.9 Å². The van der Waals surface area contributed by atoms with E-state index in [1.54, 1.807) is 0 Å². The normalized spacial score (nSPS) is 11.7. The molecule has 1 aromatic heterocycles. The summed E-state index contributed by atoms with van der Waals surface area (Å²) in [5, 5.41) is 14.0. The van der Waals surface area contributed by atoms with E-state index in [2.05, 4.69) is 5.10 Å². The van der Waals surface area contributed by atoms with E-state index in [0.717, 1.165) is 6.92 Å². The molecule has 7 heteroatoms. The molecule has 1 aromatic rings. The van der Waals surface area contributed by atoms with Crippen molar-refractivity contribution in [3.8, 4) is 0 Å². The summed E-state index contributed by atoms with van der Waals surface area (Å²) in [4.78, 5) is 9.72. The zero-order chi connectivity index (χ0) is 12.2. The topological polar surface area (TPSA) is 61.0 Å². The molecule has 1 rings (SSSR count). The average Bonchev–Trinajstić information content (AvgIpc) is 2.59. The van der Waals surface area contributed by atoms with Crippen LogP contribution in [0, 0.1) is 10.1 Å². The van der Waals surface area contributed by atoms with Crippen LogP contribution < -0.4 is 0 Å². The Morgan fingerprint density at radius 2 is 2.25 bits per heavy atom. The maximum atomic E-state index is 12.4. The Morgan fingerprint density at radius 1 is 1.56 bits per heavy atom. The van der Waals surface area contributed by atoms with Gasteiger partial charge in [-0.1, -0.05) is 0 Å². The standard InChI is InChI=1S/C9H13F2N3O2/c1-9(10,11)5-2-3-6-13-7-4-8(12-13)14(15)16/h4,7H,2-3,5-6H2,1H3. The van der Waals surface area contributed by atoms with E-state index in [9.17, 15) is 18.9 Å². The number of alkyl halides is 2. The quantitative estimate of drug-likeness (QED) is 0.431. The molecule has 0 saturated heterocycles. The van der Waals surface area contributed by atoms with Crippen molar-refractivity contribution in [2.24, 2.45) is 0 Å². The predicted molar refractivity (Wildman–Crippen MR) is 53.4 cm³/mol. The lowest BCUT2D eigenvalue weighted by Crippen LogP contribution is -2.09. The predicted octanol–water partition coefficient (Wildman–Crippen LogP) is 2.62. The van der Waals surface area contributed by atoms with Gasteiger partial charge < -0.3 is 10.1 Å². The highest BCUT2D eigenvalue weighted by Gasteiger charge is 2.19. The van der Waals surface area contributed by atoms with Crippen LogP contribution in [0.25, 0.3) is 0 Å². The third-order valence-corrected chi connectivity index (χ3v) is 2.07. The van der Waals surface area contributed by atoms with E-state index < -0.39 is 10.8 Å². The molecule has 0 spiro atoms. The molecule has 0 unspecified atom stereocenters. The fourth-order valence-electron chi connectivity index (χ4n) is 1.28. The third kappa shape index (κ3) is 4.33. The Kier molecular flexibility index (Phi) is 3.92. The second-order valence-electron chi connectivity index (χ2n) is 3.72. The first-order valence-electron chi connectivity index (χ1n) is 4.94. The van der Waals surface area contributed by atoms with Gasteiger partial charge in [-0.3, -0.25) is 0 Å². The van der Waals surface area contributed by atoms with E-state index >= 15 is 0 Å². The van der Waals surface area contributed by atoms with E-state index in [1.165, 1.54) is 16.9 Å². The molecule has 0 aliphatic rings.